The van der Waals surface area contributed by atoms with Crippen LogP contribution in [0.15, 0.2) is 95.8 Å². The molecule has 0 spiro atoms. The van der Waals surface area contributed by atoms with Crippen LogP contribution in [0, 0.1) is 22.0 Å². The zero-order chi connectivity index (χ0) is 24.1. The second kappa shape index (κ2) is 9.95. The van der Waals surface area contributed by atoms with Crippen molar-refractivity contribution in [1.29, 1.82) is 0 Å². The molecular formula is C25H22N4O5. The van der Waals surface area contributed by atoms with Gasteiger partial charge in [-0.1, -0.05) is 60.7 Å². The maximum Gasteiger partial charge on any atom is 0.311 e. The molecule has 34 heavy (non-hydrogen) atoms. The molecule has 2 aromatic rings. The lowest BCUT2D eigenvalue weighted by atomic mass is 9.81. The SMILES string of the molecule is O=C(N/N=C(\C[C@H](C(=O)O)C1=CN[C@@H]2C=CC=C[C@H]12)c1ccccc1)c1cccc([N+](=O)[O-])c1. The van der Waals surface area contributed by atoms with E-state index in [4.69, 9.17) is 0 Å². The van der Waals surface area contributed by atoms with Gasteiger partial charge in [-0.25, -0.2) is 5.43 Å². The Morgan fingerprint density at radius 1 is 1.09 bits per heavy atom. The molecule has 9 heteroatoms. The molecule has 3 atom stereocenters. The maximum absolute atomic E-state index is 12.6. The number of carboxylic acids is 1. The first-order valence-corrected chi connectivity index (χ1v) is 10.6. The van der Waals surface area contributed by atoms with Crippen LogP contribution in [-0.2, 0) is 4.79 Å². The van der Waals surface area contributed by atoms with Crippen LogP contribution in [0.25, 0.3) is 0 Å². The number of hydrazone groups is 1. The second-order valence-electron chi connectivity index (χ2n) is 7.90. The molecule has 0 unspecified atom stereocenters. The van der Waals surface area contributed by atoms with Gasteiger partial charge < -0.3 is 10.4 Å². The largest absolute Gasteiger partial charge is 0.481 e. The quantitative estimate of drug-likeness (QED) is 0.315. The fourth-order valence-corrected chi connectivity index (χ4v) is 4.05. The molecule has 0 bridgehead atoms. The molecule has 0 aromatic heterocycles. The number of non-ortho nitro benzene ring substituents is 1. The number of aliphatic carboxylic acids is 1. The van der Waals surface area contributed by atoms with E-state index in [-0.39, 0.29) is 29.6 Å². The summed E-state index contributed by atoms with van der Waals surface area (Å²) in [5, 5.41) is 28.5. The van der Waals surface area contributed by atoms with Crippen molar-refractivity contribution in [2.45, 2.75) is 12.5 Å². The standard InChI is InChI=1S/C25H22N4O5/c30-24(17-9-6-10-18(13-17)29(33)34)28-27-23(16-7-2-1-3-8-16)14-20(25(31)32)21-15-26-22-12-5-4-11-19(21)22/h1-13,15,19-20,22,26H,14H2,(H,28,30)(H,31,32)/b27-23+/t19-,20+,22-/m1/s1. The van der Waals surface area contributed by atoms with Crippen LogP contribution in [0.5, 0.6) is 0 Å². The third kappa shape index (κ3) is 4.93. The van der Waals surface area contributed by atoms with Crippen LogP contribution >= 0.6 is 0 Å². The maximum atomic E-state index is 12.6. The number of nitrogens with zero attached hydrogens (tertiary/aromatic N) is 2. The summed E-state index contributed by atoms with van der Waals surface area (Å²) in [5.74, 6) is -2.58. The number of rotatable bonds is 8. The number of hydrogen-bond acceptors (Lipinski definition) is 6. The molecule has 0 saturated carbocycles. The summed E-state index contributed by atoms with van der Waals surface area (Å²) >= 11 is 0. The third-order valence-corrected chi connectivity index (χ3v) is 5.78. The molecule has 1 heterocycles. The molecule has 4 rings (SSSR count). The minimum Gasteiger partial charge on any atom is -0.481 e. The lowest BCUT2D eigenvalue weighted by Gasteiger charge is -2.23. The molecule has 0 saturated heterocycles. The van der Waals surface area contributed by atoms with E-state index in [2.05, 4.69) is 15.8 Å². The zero-order valence-electron chi connectivity index (χ0n) is 18.0. The van der Waals surface area contributed by atoms with Crippen molar-refractivity contribution in [2.24, 2.45) is 16.9 Å². The van der Waals surface area contributed by atoms with Crippen molar-refractivity contribution in [2.75, 3.05) is 0 Å². The van der Waals surface area contributed by atoms with Gasteiger partial charge >= 0.3 is 5.97 Å². The van der Waals surface area contributed by atoms with Gasteiger partial charge in [0.05, 0.1) is 22.6 Å². The molecule has 1 aliphatic carbocycles. The Labute approximate surface area is 195 Å². The van der Waals surface area contributed by atoms with E-state index < -0.39 is 22.7 Å². The number of nitrogens with one attached hydrogen (secondary N) is 2. The first-order valence-electron chi connectivity index (χ1n) is 10.6. The number of carbonyl (C=O) groups excluding carboxylic acids is 1. The van der Waals surface area contributed by atoms with Gasteiger partial charge in [0.2, 0.25) is 0 Å². The number of amides is 1. The lowest BCUT2D eigenvalue weighted by Crippen LogP contribution is -2.29. The molecule has 3 N–H and O–H groups in total. The number of carbonyl (C=O) groups is 2. The number of allylic oxidation sites excluding steroid dienone is 2. The van der Waals surface area contributed by atoms with Gasteiger partial charge in [0.1, 0.15) is 0 Å². The number of nitro benzene ring substituents is 1. The molecule has 0 fully saturated rings. The van der Waals surface area contributed by atoms with Crippen LogP contribution in [0.4, 0.5) is 5.69 Å². The summed E-state index contributed by atoms with van der Waals surface area (Å²) in [6, 6.07) is 14.3. The molecule has 2 aromatic carbocycles. The predicted molar refractivity (Wildman–Crippen MR) is 126 cm³/mol. The Morgan fingerprint density at radius 2 is 1.82 bits per heavy atom. The topological polar surface area (TPSA) is 134 Å². The number of hydrogen-bond donors (Lipinski definition) is 3. The number of benzene rings is 2. The van der Waals surface area contributed by atoms with E-state index in [1.54, 1.807) is 30.5 Å². The van der Waals surface area contributed by atoms with Gasteiger partial charge in [-0.15, -0.1) is 0 Å². The molecule has 9 nitrogen and oxygen atoms in total. The van der Waals surface area contributed by atoms with Crippen molar-refractivity contribution >= 4 is 23.3 Å². The molecule has 1 amide bonds. The van der Waals surface area contributed by atoms with Crippen LogP contribution in [0.3, 0.4) is 0 Å². The van der Waals surface area contributed by atoms with Gasteiger partial charge in [0.25, 0.3) is 11.6 Å². The fraction of sp³-hybridized carbons (Fsp3) is 0.160. The second-order valence-corrected chi connectivity index (χ2v) is 7.90. The lowest BCUT2D eigenvalue weighted by molar-refractivity contribution is -0.384. The highest BCUT2D eigenvalue weighted by Crippen LogP contribution is 2.34. The smallest absolute Gasteiger partial charge is 0.311 e. The van der Waals surface area contributed by atoms with Gasteiger partial charge in [0, 0.05) is 30.0 Å². The Bertz CT molecular complexity index is 1230. The Morgan fingerprint density at radius 3 is 2.56 bits per heavy atom. The van der Waals surface area contributed by atoms with Crippen LogP contribution in [-0.4, -0.2) is 33.7 Å². The summed E-state index contributed by atoms with van der Waals surface area (Å²) in [4.78, 5) is 35.3. The van der Waals surface area contributed by atoms with Crippen LogP contribution in [0.1, 0.15) is 22.3 Å². The number of fused-ring (bicyclic) bond motifs is 1. The highest BCUT2D eigenvalue weighted by molar-refractivity contribution is 6.04. The van der Waals surface area contributed by atoms with E-state index >= 15 is 0 Å². The van der Waals surface area contributed by atoms with Crippen molar-refractivity contribution in [3.8, 4) is 0 Å². The average molecular weight is 458 g/mol. The first kappa shape index (κ1) is 22.7. The van der Waals surface area contributed by atoms with E-state index in [9.17, 15) is 24.8 Å². The minimum absolute atomic E-state index is 0.00698. The summed E-state index contributed by atoms with van der Waals surface area (Å²) < 4.78 is 0. The molecule has 1 aliphatic heterocycles. The highest BCUT2D eigenvalue weighted by atomic mass is 16.6. The molecule has 0 radical (unpaired) electrons. The van der Waals surface area contributed by atoms with Crippen molar-refractivity contribution in [3.63, 3.8) is 0 Å². The fourth-order valence-electron chi connectivity index (χ4n) is 4.05. The normalized spacial score (nSPS) is 19.5. The van der Waals surface area contributed by atoms with Crippen molar-refractivity contribution in [1.82, 2.24) is 10.7 Å². The minimum atomic E-state index is -0.995. The van der Waals surface area contributed by atoms with Crippen LogP contribution < -0.4 is 10.7 Å². The molecule has 2 aliphatic rings. The summed E-state index contributed by atoms with van der Waals surface area (Å²) in [5.41, 5.74) is 4.06. The van der Waals surface area contributed by atoms with Crippen molar-refractivity contribution in [3.05, 3.63) is 112 Å². The van der Waals surface area contributed by atoms with Crippen molar-refractivity contribution < 1.29 is 19.6 Å². The van der Waals surface area contributed by atoms with E-state index in [1.807, 2.05) is 30.4 Å². The number of nitro groups is 1. The number of carboxylic acid groups (broad SMARTS) is 1. The van der Waals surface area contributed by atoms with E-state index in [0.717, 1.165) is 11.6 Å². The van der Waals surface area contributed by atoms with Gasteiger partial charge in [-0.2, -0.15) is 5.10 Å². The summed E-state index contributed by atoms with van der Waals surface area (Å²) in [7, 11) is 0. The monoisotopic (exact) mass is 458 g/mol. The third-order valence-electron chi connectivity index (χ3n) is 5.78. The predicted octanol–water partition coefficient (Wildman–Crippen LogP) is 3.42. The highest BCUT2D eigenvalue weighted by Gasteiger charge is 2.36. The van der Waals surface area contributed by atoms with Gasteiger partial charge in [-0.05, 0) is 23.4 Å². The molecule has 172 valence electrons. The van der Waals surface area contributed by atoms with Gasteiger partial charge in [-0.3, -0.25) is 19.7 Å². The Kier molecular flexibility index (Phi) is 6.63. The zero-order valence-corrected chi connectivity index (χ0v) is 18.0. The Balaban J connectivity index is 1.60. The Hall–Kier alpha value is -4.53. The van der Waals surface area contributed by atoms with Gasteiger partial charge in [0.15, 0.2) is 0 Å². The van der Waals surface area contributed by atoms with Crippen LogP contribution in [0.2, 0.25) is 0 Å². The average Bonchev–Trinajstić information content (AvgIpc) is 3.28. The summed E-state index contributed by atoms with van der Waals surface area (Å²) in [6.45, 7) is 0. The van der Waals surface area contributed by atoms with E-state index in [1.165, 1.54) is 18.2 Å². The first-order chi connectivity index (χ1) is 16.4. The molecular weight excluding hydrogens is 436 g/mol. The van der Waals surface area contributed by atoms with E-state index in [0.29, 0.717) is 11.3 Å². The summed E-state index contributed by atoms with van der Waals surface area (Å²) in [6.07, 6.45) is 9.56.